The Bertz CT molecular complexity index is 418. The van der Waals surface area contributed by atoms with Gasteiger partial charge in [0.25, 0.3) is 5.69 Å². The second-order valence-electron chi connectivity index (χ2n) is 4.56. The van der Waals surface area contributed by atoms with E-state index in [0.29, 0.717) is 18.0 Å². The van der Waals surface area contributed by atoms with E-state index in [-0.39, 0.29) is 11.2 Å². The van der Waals surface area contributed by atoms with Crippen LogP contribution in [0.15, 0.2) is 12.3 Å². The number of pyridine rings is 1. The first-order valence-electron chi connectivity index (χ1n) is 5.24. The molecule has 0 aromatic carbocycles. The average Bonchev–Trinajstić information content (AvgIpc) is 2.15. The highest BCUT2D eigenvalue weighted by Crippen LogP contribution is 2.21. The molecule has 17 heavy (non-hydrogen) atoms. The number of nitrogens with one attached hydrogen (secondary N) is 1. The Morgan fingerprint density at radius 3 is 2.71 bits per heavy atom. The van der Waals surface area contributed by atoms with Crippen molar-refractivity contribution in [3.05, 3.63) is 27.9 Å². The maximum absolute atomic E-state index is 10.6. The Balaban J connectivity index is 2.88. The summed E-state index contributed by atoms with van der Waals surface area (Å²) in [7, 11) is 1.62. The highest BCUT2D eigenvalue weighted by molar-refractivity contribution is 5.47. The summed E-state index contributed by atoms with van der Waals surface area (Å²) in [6, 6.07) is 1.66. The predicted octanol–water partition coefficient (Wildman–Crippen LogP) is 2.14. The van der Waals surface area contributed by atoms with Gasteiger partial charge in [-0.3, -0.25) is 10.1 Å². The lowest BCUT2D eigenvalue weighted by molar-refractivity contribution is -0.385. The van der Waals surface area contributed by atoms with Crippen molar-refractivity contribution in [2.24, 2.45) is 0 Å². The first-order chi connectivity index (χ1) is 7.85. The predicted molar refractivity (Wildman–Crippen MR) is 65.2 cm³/mol. The van der Waals surface area contributed by atoms with Crippen LogP contribution < -0.4 is 5.32 Å². The van der Waals surface area contributed by atoms with Gasteiger partial charge in [0.2, 0.25) is 0 Å². The molecule has 1 aromatic rings. The Morgan fingerprint density at radius 2 is 2.24 bits per heavy atom. The van der Waals surface area contributed by atoms with Crippen molar-refractivity contribution in [1.29, 1.82) is 0 Å². The number of hydrogen-bond donors (Lipinski definition) is 1. The van der Waals surface area contributed by atoms with Crippen LogP contribution in [0.25, 0.3) is 0 Å². The molecule has 0 atom stereocenters. The summed E-state index contributed by atoms with van der Waals surface area (Å²) in [5, 5.41) is 13.8. The van der Waals surface area contributed by atoms with Crippen molar-refractivity contribution in [3.8, 4) is 0 Å². The monoisotopic (exact) mass is 239 g/mol. The molecule has 1 aromatic heterocycles. The third kappa shape index (κ3) is 3.67. The molecule has 1 N–H and O–H groups in total. The van der Waals surface area contributed by atoms with Crippen LogP contribution >= 0.6 is 0 Å². The van der Waals surface area contributed by atoms with Gasteiger partial charge >= 0.3 is 0 Å². The van der Waals surface area contributed by atoms with Crippen LogP contribution in [-0.4, -0.2) is 29.2 Å². The van der Waals surface area contributed by atoms with E-state index in [1.165, 1.54) is 6.20 Å². The average molecular weight is 239 g/mol. The van der Waals surface area contributed by atoms with Gasteiger partial charge in [0.1, 0.15) is 12.0 Å². The summed E-state index contributed by atoms with van der Waals surface area (Å²) in [6.07, 6.45) is 1.26. The molecular formula is C11H17N3O3. The van der Waals surface area contributed by atoms with E-state index < -0.39 is 4.92 Å². The van der Waals surface area contributed by atoms with Crippen LogP contribution in [0.2, 0.25) is 0 Å². The summed E-state index contributed by atoms with van der Waals surface area (Å²) >= 11 is 0. The number of ether oxygens (including phenoxy) is 1. The third-order valence-electron chi connectivity index (χ3n) is 2.25. The van der Waals surface area contributed by atoms with Gasteiger partial charge in [-0.05, 0) is 26.8 Å². The molecule has 0 amide bonds. The zero-order chi connectivity index (χ0) is 13.1. The normalized spacial score (nSPS) is 11.3. The minimum absolute atomic E-state index is 0.0279. The lowest BCUT2D eigenvalue weighted by Crippen LogP contribution is -2.36. The number of hydrogen-bond acceptors (Lipinski definition) is 5. The largest absolute Gasteiger partial charge is 0.382 e. The van der Waals surface area contributed by atoms with E-state index in [0.717, 1.165) is 0 Å². The number of rotatable bonds is 5. The fraction of sp³-hybridized carbons (Fsp3) is 0.545. The van der Waals surface area contributed by atoms with E-state index in [1.54, 1.807) is 20.1 Å². The number of aryl methyl sites for hydroxylation is 1. The van der Waals surface area contributed by atoms with Gasteiger partial charge in [-0.15, -0.1) is 0 Å². The lowest BCUT2D eigenvalue weighted by atomic mass is 10.1. The zero-order valence-corrected chi connectivity index (χ0v) is 10.5. The molecule has 0 spiro atoms. The van der Waals surface area contributed by atoms with Gasteiger partial charge in [-0.25, -0.2) is 4.98 Å². The summed E-state index contributed by atoms with van der Waals surface area (Å²) in [4.78, 5) is 14.2. The van der Waals surface area contributed by atoms with Crippen LogP contribution in [0.4, 0.5) is 11.5 Å². The summed E-state index contributed by atoms with van der Waals surface area (Å²) in [5.41, 5.74) is 0.338. The van der Waals surface area contributed by atoms with E-state index in [1.807, 2.05) is 13.8 Å². The maximum atomic E-state index is 10.6. The van der Waals surface area contributed by atoms with E-state index >= 15 is 0 Å². The highest BCUT2D eigenvalue weighted by atomic mass is 16.6. The molecule has 0 aliphatic rings. The van der Waals surface area contributed by atoms with Crippen LogP contribution in [0, 0.1) is 17.0 Å². The maximum Gasteiger partial charge on any atom is 0.290 e. The molecular weight excluding hydrogens is 222 g/mol. The van der Waals surface area contributed by atoms with Gasteiger partial charge in [0, 0.05) is 12.7 Å². The molecule has 0 saturated heterocycles. The van der Waals surface area contributed by atoms with Crippen molar-refractivity contribution in [3.63, 3.8) is 0 Å². The topological polar surface area (TPSA) is 77.3 Å². The number of aromatic nitrogens is 1. The van der Waals surface area contributed by atoms with E-state index in [4.69, 9.17) is 4.74 Å². The zero-order valence-electron chi connectivity index (χ0n) is 10.5. The van der Waals surface area contributed by atoms with Gasteiger partial charge in [0.05, 0.1) is 17.1 Å². The molecule has 0 unspecified atom stereocenters. The molecule has 0 aliphatic carbocycles. The molecule has 6 heteroatoms. The number of methoxy groups -OCH3 is 1. The Kier molecular flexibility index (Phi) is 4.01. The Labute approximate surface area is 100 Å². The molecule has 1 heterocycles. The highest BCUT2D eigenvalue weighted by Gasteiger charge is 2.19. The quantitative estimate of drug-likeness (QED) is 0.629. The first-order valence-corrected chi connectivity index (χ1v) is 5.24. The molecule has 0 bridgehead atoms. The molecule has 6 nitrogen and oxygen atoms in total. The number of nitrogens with zero attached hydrogens (tertiary/aromatic N) is 2. The first kappa shape index (κ1) is 13.4. The molecule has 0 saturated carbocycles. The van der Waals surface area contributed by atoms with Crippen molar-refractivity contribution in [2.75, 3.05) is 19.0 Å². The Morgan fingerprint density at radius 1 is 1.59 bits per heavy atom. The van der Waals surface area contributed by atoms with Crippen LogP contribution in [0.3, 0.4) is 0 Å². The molecule has 0 aliphatic heterocycles. The summed E-state index contributed by atoms with van der Waals surface area (Å²) in [6.45, 7) is 6.14. The lowest BCUT2D eigenvalue weighted by Gasteiger charge is -2.25. The van der Waals surface area contributed by atoms with Crippen LogP contribution in [-0.2, 0) is 4.74 Å². The Hall–Kier alpha value is -1.69. The van der Waals surface area contributed by atoms with Crippen molar-refractivity contribution in [2.45, 2.75) is 26.3 Å². The minimum Gasteiger partial charge on any atom is -0.382 e. The number of nitro groups is 1. The van der Waals surface area contributed by atoms with Crippen molar-refractivity contribution in [1.82, 2.24) is 4.98 Å². The van der Waals surface area contributed by atoms with Crippen LogP contribution in [0.1, 0.15) is 19.4 Å². The summed E-state index contributed by atoms with van der Waals surface area (Å²) < 4.78 is 5.07. The molecule has 94 valence electrons. The van der Waals surface area contributed by atoms with Crippen molar-refractivity contribution < 1.29 is 9.66 Å². The van der Waals surface area contributed by atoms with E-state index in [9.17, 15) is 10.1 Å². The van der Waals surface area contributed by atoms with Gasteiger partial charge < -0.3 is 10.1 Å². The fourth-order valence-corrected chi connectivity index (χ4v) is 1.55. The SMILES string of the molecule is COCC(C)(C)Nc1cc(C)c([N+](=O)[O-])cn1. The second-order valence-corrected chi connectivity index (χ2v) is 4.56. The standard InChI is InChI=1S/C11H17N3O3/c1-8-5-10(12-6-9(8)14(15)16)13-11(2,3)7-17-4/h5-6H,7H2,1-4H3,(H,12,13). The molecule has 1 rings (SSSR count). The smallest absolute Gasteiger partial charge is 0.290 e. The van der Waals surface area contributed by atoms with Gasteiger partial charge in [0.15, 0.2) is 0 Å². The molecule has 0 fully saturated rings. The van der Waals surface area contributed by atoms with Gasteiger partial charge in [-0.2, -0.15) is 0 Å². The number of anilines is 1. The minimum atomic E-state index is -0.438. The van der Waals surface area contributed by atoms with Gasteiger partial charge in [-0.1, -0.05) is 0 Å². The van der Waals surface area contributed by atoms with Crippen LogP contribution in [0.5, 0.6) is 0 Å². The summed E-state index contributed by atoms with van der Waals surface area (Å²) in [5.74, 6) is 0.607. The van der Waals surface area contributed by atoms with Crippen molar-refractivity contribution >= 4 is 11.5 Å². The second kappa shape index (κ2) is 5.09. The van der Waals surface area contributed by atoms with E-state index in [2.05, 4.69) is 10.3 Å². The molecule has 0 radical (unpaired) electrons. The fourth-order valence-electron chi connectivity index (χ4n) is 1.55. The third-order valence-corrected chi connectivity index (χ3v) is 2.25.